The second kappa shape index (κ2) is 18.4. The van der Waals surface area contributed by atoms with Crippen LogP contribution < -0.4 is 10.6 Å². The molecular formula is C41H43N7O6. The highest BCUT2D eigenvalue weighted by Crippen LogP contribution is 2.25. The van der Waals surface area contributed by atoms with Crippen molar-refractivity contribution < 1.29 is 28.7 Å². The smallest absolute Gasteiger partial charge is 0.410 e. The second-order valence-electron chi connectivity index (χ2n) is 13.1. The summed E-state index contributed by atoms with van der Waals surface area (Å²) in [6, 6.07) is 33.2. The summed E-state index contributed by atoms with van der Waals surface area (Å²) in [5.74, 6) is 0.409. The number of likely N-dealkylation sites (N-methyl/N-ethyl adjacent to an activating group) is 1. The Balaban J connectivity index is 0.000000432. The number of likely N-dealkylation sites (tertiary alicyclic amines) is 2. The normalized spacial score (nSPS) is 16.5. The van der Waals surface area contributed by atoms with Crippen molar-refractivity contribution >= 4 is 35.8 Å². The van der Waals surface area contributed by atoms with Crippen LogP contribution in [0.15, 0.2) is 116 Å². The van der Waals surface area contributed by atoms with Gasteiger partial charge in [0.25, 0.3) is 6.47 Å². The Labute approximate surface area is 313 Å². The van der Waals surface area contributed by atoms with E-state index in [0.29, 0.717) is 37.6 Å². The molecule has 13 nitrogen and oxygen atoms in total. The summed E-state index contributed by atoms with van der Waals surface area (Å²) in [5.41, 5.74) is 4.91. The molecule has 7 rings (SSSR count). The highest BCUT2D eigenvalue weighted by molar-refractivity contribution is 5.97. The van der Waals surface area contributed by atoms with E-state index >= 15 is 0 Å². The molecule has 54 heavy (non-hydrogen) atoms. The van der Waals surface area contributed by atoms with Crippen molar-refractivity contribution in [1.82, 2.24) is 24.6 Å². The van der Waals surface area contributed by atoms with Crippen molar-refractivity contribution in [1.29, 1.82) is 0 Å². The van der Waals surface area contributed by atoms with E-state index in [1.807, 2.05) is 121 Å². The third-order valence-corrected chi connectivity index (χ3v) is 9.35. The Kier molecular flexibility index (Phi) is 12.8. The lowest BCUT2D eigenvalue weighted by Gasteiger charge is -2.23. The van der Waals surface area contributed by atoms with Gasteiger partial charge in [-0.05, 0) is 98.9 Å². The zero-order chi connectivity index (χ0) is 37.7. The van der Waals surface area contributed by atoms with Crippen molar-refractivity contribution in [2.45, 2.75) is 51.0 Å². The number of benzene rings is 4. The standard InChI is InChI=1S/C33H35N7O4.C8H8O2/c1-38-19-5-9-28(38)31(41)35-25-13-11-24(12-14-25)30-37-34-22-40(30)27-17-15-26(16-18-27)36-32(42)29-10-6-20-39(29)33(43)44-21-23-7-3-2-4-8-23;9-7-10-6-8-4-2-1-3-5-8/h2-4,7-8,11-18,22,28-29H,5-6,9-10,19-21H2,1H3,(H,35,41)(H,36,42);1-5,7H,6H2/t28-,29-;/m0./s1. The van der Waals surface area contributed by atoms with Crippen molar-refractivity contribution in [3.05, 3.63) is 127 Å². The average Bonchev–Trinajstić information content (AvgIpc) is 4.00. The minimum absolute atomic E-state index is 0.0109. The predicted octanol–water partition coefficient (Wildman–Crippen LogP) is 6.07. The Hall–Kier alpha value is -6.34. The van der Waals surface area contributed by atoms with Crippen molar-refractivity contribution in [3.63, 3.8) is 0 Å². The molecule has 2 aliphatic heterocycles. The number of ether oxygens (including phenoxy) is 2. The average molecular weight is 730 g/mol. The van der Waals surface area contributed by atoms with Crippen LogP contribution in [-0.4, -0.2) is 81.2 Å². The first kappa shape index (κ1) is 37.4. The van der Waals surface area contributed by atoms with Crippen LogP contribution in [0.4, 0.5) is 16.2 Å². The van der Waals surface area contributed by atoms with Crippen LogP contribution in [0.1, 0.15) is 36.8 Å². The summed E-state index contributed by atoms with van der Waals surface area (Å²) < 4.78 is 11.9. The maximum absolute atomic E-state index is 13.1. The van der Waals surface area contributed by atoms with Gasteiger partial charge in [-0.3, -0.25) is 28.8 Å². The number of hydrogen-bond acceptors (Lipinski definition) is 9. The molecule has 4 aromatic carbocycles. The monoisotopic (exact) mass is 729 g/mol. The topological polar surface area (TPSA) is 148 Å². The lowest BCUT2D eigenvalue weighted by Crippen LogP contribution is -2.43. The molecule has 2 saturated heterocycles. The van der Waals surface area contributed by atoms with E-state index in [4.69, 9.17) is 4.74 Å². The van der Waals surface area contributed by atoms with E-state index in [-0.39, 0.29) is 24.5 Å². The molecule has 0 spiro atoms. The third-order valence-electron chi connectivity index (χ3n) is 9.35. The summed E-state index contributed by atoms with van der Waals surface area (Å²) in [5, 5.41) is 14.4. The number of aromatic nitrogens is 3. The minimum atomic E-state index is -0.589. The largest absolute Gasteiger partial charge is 0.463 e. The Morgan fingerprint density at radius 1 is 0.741 bits per heavy atom. The van der Waals surface area contributed by atoms with Gasteiger partial charge in [-0.2, -0.15) is 0 Å². The number of hydrogen-bond donors (Lipinski definition) is 2. The summed E-state index contributed by atoms with van der Waals surface area (Å²) in [4.78, 5) is 51.8. The molecule has 2 N–H and O–H groups in total. The molecule has 5 aromatic rings. The lowest BCUT2D eigenvalue weighted by molar-refractivity contribution is -0.129. The van der Waals surface area contributed by atoms with E-state index in [0.717, 1.165) is 53.9 Å². The van der Waals surface area contributed by atoms with Crippen LogP contribution in [0.5, 0.6) is 0 Å². The van der Waals surface area contributed by atoms with Gasteiger partial charge in [-0.1, -0.05) is 60.7 Å². The summed E-state index contributed by atoms with van der Waals surface area (Å²) in [6.07, 6.45) is 4.36. The van der Waals surface area contributed by atoms with Gasteiger partial charge >= 0.3 is 6.09 Å². The van der Waals surface area contributed by atoms with Crippen LogP contribution in [0, 0.1) is 0 Å². The number of carbonyl (C=O) groups excluding carboxylic acids is 4. The lowest BCUT2D eigenvalue weighted by atomic mass is 10.1. The fourth-order valence-corrected chi connectivity index (χ4v) is 6.49. The zero-order valence-corrected chi connectivity index (χ0v) is 30.0. The second-order valence-corrected chi connectivity index (χ2v) is 13.1. The minimum Gasteiger partial charge on any atom is -0.463 e. The van der Waals surface area contributed by atoms with Crippen LogP contribution in [0.25, 0.3) is 17.1 Å². The molecule has 0 aliphatic carbocycles. The van der Waals surface area contributed by atoms with Crippen LogP contribution >= 0.6 is 0 Å². The Bertz CT molecular complexity index is 1990. The van der Waals surface area contributed by atoms with Gasteiger partial charge in [0.05, 0.1) is 6.04 Å². The fraction of sp³-hybridized carbons (Fsp3) is 0.268. The molecule has 2 atom stereocenters. The molecular weight excluding hydrogens is 686 g/mol. The van der Waals surface area contributed by atoms with Crippen LogP contribution in [-0.2, 0) is 37.1 Å². The summed E-state index contributed by atoms with van der Waals surface area (Å²) in [6.45, 7) is 2.39. The van der Waals surface area contributed by atoms with Crippen molar-refractivity contribution in [2.75, 3.05) is 30.8 Å². The number of carbonyl (C=O) groups is 4. The first-order chi connectivity index (χ1) is 26.4. The van der Waals surface area contributed by atoms with Gasteiger partial charge < -0.3 is 20.1 Å². The fourth-order valence-electron chi connectivity index (χ4n) is 6.49. The molecule has 0 bridgehead atoms. The van der Waals surface area contributed by atoms with E-state index in [1.54, 1.807) is 6.33 Å². The molecule has 0 radical (unpaired) electrons. The number of amides is 3. The molecule has 1 aromatic heterocycles. The number of anilines is 2. The van der Waals surface area contributed by atoms with E-state index < -0.39 is 12.1 Å². The van der Waals surface area contributed by atoms with Crippen molar-refractivity contribution in [2.24, 2.45) is 0 Å². The number of nitrogens with zero attached hydrogens (tertiary/aromatic N) is 5. The zero-order valence-electron chi connectivity index (χ0n) is 30.0. The first-order valence-electron chi connectivity index (χ1n) is 17.9. The van der Waals surface area contributed by atoms with Gasteiger partial charge in [0, 0.05) is 29.2 Å². The quantitative estimate of drug-likeness (QED) is 0.155. The molecule has 0 saturated carbocycles. The SMILES string of the molecule is CN1CCC[C@H]1C(=O)Nc1ccc(-c2nncn2-c2ccc(NC(=O)[C@@H]3CCCN3C(=O)OCc3ccccc3)cc2)cc1.O=COCc1ccccc1. The molecule has 2 aliphatic rings. The maximum Gasteiger partial charge on any atom is 0.410 e. The number of nitrogens with one attached hydrogen (secondary N) is 2. The van der Waals surface area contributed by atoms with Crippen LogP contribution in [0.3, 0.4) is 0 Å². The molecule has 278 valence electrons. The van der Waals surface area contributed by atoms with Gasteiger partial charge in [0.1, 0.15) is 25.6 Å². The third kappa shape index (κ3) is 9.75. The van der Waals surface area contributed by atoms with Gasteiger partial charge in [0.2, 0.25) is 11.8 Å². The Morgan fingerprint density at radius 3 is 1.93 bits per heavy atom. The molecule has 3 amide bonds. The number of rotatable bonds is 11. The molecule has 0 unspecified atom stereocenters. The van der Waals surface area contributed by atoms with Crippen molar-refractivity contribution in [3.8, 4) is 17.1 Å². The molecule has 13 heteroatoms. The summed E-state index contributed by atoms with van der Waals surface area (Å²) >= 11 is 0. The highest BCUT2D eigenvalue weighted by Gasteiger charge is 2.35. The Morgan fingerprint density at radius 2 is 1.31 bits per heavy atom. The van der Waals surface area contributed by atoms with Gasteiger partial charge in [-0.15, -0.1) is 10.2 Å². The van der Waals surface area contributed by atoms with Gasteiger partial charge in [0.15, 0.2) is 5.82 Å². The van der Waals surface area contributed by atoms with Crippen LogP contribution in [0.2, 0.25) is 0 Å². The highest BCUT2D eigenvalue weighted by atomic mass is 16.6. The van der Waals surface area contributed by atoms with E-state index in [1.165, 1.54) is 4.90 Å². The first-order valence-corrected chi connectivity index (χ1v) is 17.9. The molecule has 3 heterocycles. The summed E-state index contributed by atoms with van der Waals surface area (Å²) in [7, 11) is 1.98. The molecule has 2 fully saturated rings. The van der Waals surface area contributed by atoms with Gasteiger partial charge in [-0.25, -0.2) is 4.79 Å². The predicted molar refractivity (Wildman–Crippen MR) is 203 cm³/mol. The maximum atomic E-state index is 13.1. The van der Waals surface area contributed by atoms with E-state index in [9.17, 15) is 19.2 Å². The van der Waals surface area contributed by atoms with E-state index in [2.05, 4.69) is 30.5 Å².